The van der Waals surface area contributed by atoms with Gasteiger partial charge in [-0.3, -0.25) is 14.2 Å². The highest BCUT2D eigenvalue weighted by atomic mass is 32.2. The number of carbonyl (C=O) groups is 1. The summed E-state index contributed by atoms with van der Waals surface area (Å²) in [7, 11) is 0. The maximum absolute atomic E-state index is 12.7. The van der Waals surface area contributed by atoms with Crippen LogP contribution in [0, 0.1) is 0 Å². The number of nitrogens with one attached hydrogen (secondary N) is 1. The summed E-state index contributed by atoms with van der Waals surface area (Å²) in [4.78, 5) is 29.8. The molecule has 0 saturated heterocycles. The predicted molar refractivity (Wildman–Crippen MR) is 111 cm³/mol. The van der Waals surface area contributed by atoms with E-state index in [2.05, 4.69) is 22.4 Å². The lowest BCUT2D eigenvalue weighted by atomic mass is 10.1. The zero-order valence-corrected chi connectivity index (χ0v) is 16.7. The predicted octanol–water partition coefficient (Wildman–Crippen LogP) is 3.76. The summed E-state index contributed by atoms with van der Waals surface area (Å²) in [6.45, 7) is 2.64. The van der Waals surface area contributed by atoms with E-state index < -0.39 is 0 Å². The average Bonchev–Trinajstić information content (AvgIpc) is 3.30. The van der Waals surface area contributed by atoms with E-state index in [4.69, 9.17) is 0 Å². The van der Waals surface area contributed by atoms with Gasteiger partial charge < -0.3 is 5.32 Å². The minimum absolute atomic E-state index is 0.00974. The first-order valence-electron chi connectivity index (χ1n) is 9.15. The molecule has 1 unspecified atom stereocenters. The number of thiophene rings is 1. The Balaban J connectivity index is 1.48. The number of aryl methyl sites for hydroxylation is 1. The molecular weight excluding hydrogens is 378 g/mol. The van der Waals surface area contributed by atoms with Crippen molar-refractivity contribution < 1.29 is 4.79 Å². The minimum atomic E-state index is -0.0237. The van der Waals surface area contributed by atoms with Gasteiger partial charge in [0.1, 0.15) is 4.70 Å². The Bertz CT molecular complexity index is 1040. The highest BCUT2D eigenvalue weighted by molar-refractivity contribution is 7.99. The van der Waals surface area contributed by atoms with E-state index in [-0.39, 0.29) is 23.3 Å². The zero-order valence-electron chi connectivity index (χ0n) is 15.1. The summed E-state index contributed by atoms with van der Waals surface area (Å²) < 4.78 is 2.38. The Morgan fingerprint density at radius 1 is 1.37 bits per heavy atom. The van der Waals surface area contributed by atoms with Crippen LogP contribution in [-0.4, -0.2) is 21.2 Å². The van der Waals surface area contributed by atoms with Gasteiger partial charge in [-0.15, -0.1) is 11.3 Å². The van der Waals surface area contributed by atoms with Gasteiger partial charge in [-0.05, 0) is 41.8 Å². The fourth-order valence-electron chi connectivity index (χ4n) is 3.53. The van der Waals surface area contributed by atoms with Crippen molar-refractivity contribution in [2.45, 2.75) is 43.9 Å². The second-order valence-corrected chi connectivity index (χ2v) is 8.49. The SMILES string of the molecule is CCCn1c(SCC(=O)NC2CCc3ccccc32)nc2ccsc2c1=O. The molecule has 0 saturated carbocycles. The number of nitrogens with zero attached hydrogens (tertiary/aromatic N) is 2. The van der Waals surface area contributed by atoms with E-state index in [0.717, 1.165) is 19.3 Å². The smallest absolute Gasteiger partial charge is 0.272 e. The molecule has 1 aromatic carbocycles. The highest BCUT2D eigenvalue weighted by Gasteiger charge is 2.23. The molecule has 0 spiro atoms. The molecule has 4 rings (SSSR count). The van der Waals surface area contributed by atoms with Crippen molar-refractivity contribution in [3.63, 3.8) is 0 Å². The van der Waals surface area contributed by atoms with E-state index in [1.165, 1.54) is 34.2 Å². The number of benzene rings is 1. The number of rotatable bonds is 6. The van der Waals surface area contributed by atoms with Gasteiger partial charge in [0.15, 0.2) is 5.16 Å². The molecule has 27 heavy (non-hydrogen) atoms. The second kappa shape index (κ2) is 7.86. The van der Waals surface area contributed by atoms with Crippen LogP contribution >= 0.6 is 23.1 Å². The number of aromatic nitrogens is 2. The van der Waals surface area contributed by atoms with Gasteiger partial charge in [-0.25, -0.2) is 4.98 Å². The van der Waals surface area contributed by atoms with Crippen molar-refractivity contribution in [1.82, 2.24) is 14.9 Å². The standard InChI is InChI=1S/C20H21N3O2S2/c1-2-10-23-19(25)18-16(9-11-26-18)22-20(23)27-12-17(24)21-15-8-7-13-5-3-4-6-14(13)15/h3-6,9,11,15H,2,7-8,10,12H2,1H3,(H,21,24). The summed E-state index contributed by atoms with van der Waals surface area (Å²) >= 11 is 2.75. The number of fused-ring (bicyclic) bond motifs is 2. The molecule has 0 bridgehead atoms. The first-order valence-corrected chi connectivity index (χ1v) is 11.0. The fraction of sp³-hybridized carbons (Fsp3) is 0.350. The first-order chi connectivity index (χ1) is 13.2. The van der Waals surface area contributed by atoms with Crippen LogP contribution in [0.25, 0.3) is 10.2 Å². The minimum Gasteiger partial charge on any atom is -0.349 e. The van der Waals surface area contributed by atoms with E-state index in [9.17, 15) is 9.59 Å². The van der Waals surface area contributed by atoms with Gasteiger partial charge in [-0.1, -0.05) is 43.0 Å². The molecule has 1 aliphatic rings. The molecule has 5 nitrogen and oxygen atoms in total. The molecule has 0 fully saturated rings. The molecule has 1 N–H and O–H groups in total. The zero-order chi connectivity index (χ0) is 18.8. The maximum Gasteiger partial charge on any atom is 0.272 e. The largest absolute Gasteiger partial charge is 0.349 e. The lowest BCUT2D eigenvalue weighted by Crippen LogP contribution is -2.29. The van der Waals surface area contributed by atoms with Crippen molar-refractivity contribution in [2.75, 3.05) is 5.75 Å². The molecule has 3 aromatic rings. The van der Waals surface area contributed by atoms with Crippen LogP contribution in [-0.2, 0) is 17.8 Å². The monoisotopic (exact) mass is 399 g/mol. The first kappa shape index (κ1) is 18.3. The number of thioether (sulfide) groups is 1. The molecule has 1 aliphatic carbocycles. The summed E-state index contributed by atoms with van der Waals surface area (Å²) in [5.74, 6) is 0.231. The number of amides is 1. The van der Waals surface area contributed by atoms with E-state index in [1.54, 1.807) is 4.57 Å². The molecule has 1 atom stereocenters. The van der Waals surface area contributed by atoms with Crippen LogP contribution in [0.5, 0.6) is 0 Å². The van der Waals surface area contributed by atoms with Crippen molar-refractivity contribution in [3.8, 4) is 0 Å². The van der Waals surface area contributed by atoms with Crippen LogP contribution in [0.3, 0.4) is 0 Å². The lowest BCUT2D eigenvalue weighted by molar-refractivity contribution is -0.119. The highest BCUT2D eigenvalue weighted by Crippen LogP contribution is 2.31. The van der Waals surface area contributed by atoms with Crippen LogP contribution in [0.1, 0.15) is 36.9 Å². The molecule has 2 aromatic heterocycles. The molecule has 140 valence electrons. The third kappa shape index (κ3) is 3.66. The van der Waals surface area contributed by atoms with Crippen molar-refractivity contribution in [3.05, 3.63) is 57.2 Å². The summed E-state index contributed by atoms with van der Waals surface area (Å²) in [5.41, 5.74) is 3.24. The molecule has 1 amide bonds. The molecule has 7 heteroatoms. The Morgan fingerprint density at radius 3 is 3.07 bits per heavy atom. The Hall–Kier alpha value is -2.12. The van der Waals surface area contributed by atoms with Gasteiger partial charge in [0.25, 0.3) is 5.56 Å². The van der Waals surface area contributed by atoms with E-state index in [0.29, 0.717) is 21.9 Å². The molecule has 0 radical (unpaired) electrons. The third-order valence-corrected chi connectivity index (χ3v) is 6.65. The summed E-state index contributed by atoms with van der Waals surface area (Å²) in [5, 5.41) is 5.63. The summed E-state index contributed by atoms with van der Waals surface area (Å²) in [6, 6.07) is 10.2. The van der Waals surface area contributed by atoms with Crippen molar-refractivity contribution in [2.24, 2.45) is 0 Å². The van der Waals surface area contributed by atoms with Crippen LogP contribution in [0.15, 0.2) is 45.7 Å². The number of hydrogen-bond donors (Lipinski definition) is 1. The van der Waals surface area contributed by atoms with Gasteiger partial charge in [-0.2, -0.15) is 0 Å². The second-order valence-electron chi connectivity index (χ2n) is 6.63. The van der Waals surface area contributed by atoms with Gasteiger partial charge in [0.2, 0.25) is 5.91 Å². The van der Waals surface area contributed by atoms with E-state index in [1.807, 2.05) is 30.5 Å². The number of carbonyl (C=O) groups excluding carboxylic acids is 1. The van der Waals surface area contributed by atoms with Crippen LogP contribution < -0.4 is 10.9 Å². The Kier molecular flexibility index (Phi) is 5.31. The quantitative estimate of drug-likeness (QED) is 0.506. The van der Waals surface area contributed by atoms with Crippen LogP contribution in [0.4, 0.5) is 0 Å². The van der Waals surface area contributed by atoms with Gasteiger partial charge >= 0.3 is 0 Å². The van der Waals surface area contributed by atoms with Crippen LogP contribution in [0.2, 0.25) is 0 Å². The molecule has 2 heterocycles. The van der Waals surface area contributed by atoms with Crippen molar-refractivity contribution in [1.29, 1.82) is 0 Å². The molecule has 0 aliphatic heterocycles. The molecular formula is C20H21N3O2S2. The fourth-order valence-corrected chi connectivity index (χ4v) is 5.14. The summed E-state index contributed by atoms with van der Waals surface area (Å²) in [6.07, 6.45) is 2.78. The van der Waals surface area contributed by atoms with Gasteiger partial charge in [0.05, 0.1) is 17.3 Å². The topological polar surface area (TPSA) is 64.0 Å². The third-order valence-electron chi connectivity index (χ3n) is 4.78. The van der Waals surface area contributed by atoms with Gasteiger partial charge in [0, 0.05) is 6.54 Å². The maximum atomic E-state index is 12.7. The number of hydrogen-bond acceptors (Lipinski definition) is 5. The normalized spacial score (nSPS) is 15.8. The Morgan fingerprint density at radius 2 is 2.22 bits per heavy atom. The lowest BCUT2D eigenvalue weighted by Gasteiger charge is -2.15. The van der Waals surface area contributed by atoms with E-state index >= 15 is 0 Å². The van der Waals surface area contributed by atoms with Crippen molar-refractivity contribution >= 4 is 39.2 Å². The Labute approximate surface area is 165 Å². The average molecular weight is 400 g/mol.